The fraction of sp³-hybridized carbons (Fsp3) is 0.316. The standard InChI is InChI=1S/C19H20N2O5/c1-13(20-18(23)16-9-5-11-25-16)19(24)26-12-17(22)21-10-4-7-14-6-2-3-8-15(14)21/h2-3,5-6,8-9,11,13H,4,7,10,12H2,1H3,(H,20,23)/t13-/m0/s1. The van der Waals surface area contributed by atoms with E-state index in [1.54, 1.807) is 11.0 Å². The van der Waals surface area contributed by atoms with Crippen LogP contribution in [0.4, 0.5) is 5.69 Å². The van der Waals surface area contributed by atoms with Gasteiger partial charge < -0.3 is 19.4 Å². The van der Waals surface area contributed by atoms with Crippen LogP contribution in [-0.2, 0) is 20.7 Å². The largest absolute Gasteiger partial charge is 0.459 e. The van der Waals surface area contributed by atoms with E-state index in [0.29, 0.717) is 6.54 Å². The van der Waals surface area contributed by atoms with E-state index < -0.39 is 17.9 Å². The number of anilines is 1. The van der Waals surface area contributed by atoms with Gasteiger partial charge in [0.2, 0.25) is 0 Å². The zero-order valence-electron chi connectivity index (χ0n) is 14.4. The highest BCUT2D eigenvalue weighted by Gasteiger charge is 2.25. The maximum Gasteiger partial charge on any atom is 0.328 e. The summed E-state index contributed by atoms with van der Waals surface area (Å²) in [6.45, 7) is 1.72. The predicted molar refractivity (Wildman–Crippen MR) is 93.7 cm³/mol. The lowest BCUT2D eigenvalue weighted by molar-refractivity contribution is -0.149. The summed E-state index contributed by atoms with van der Waals surface area (Å²) in [6.07, 6.45) is 3.16. The van der Waals surface area contributed by atoms with Crippen molar-refractivity contribution >= 4 is 23.5 Å². The zero-order chi connectivity index (χ0) is 18.5. The number of rotatable bonds is 5. The zero-order valence-corrected chi connectivity index (χ0v) is 14.4. The molecule has 0 unspecified atom stereocenters. The summed E-state index contributed by atoms with van der Waals surface area (Å²) in [6, 6.07) is 9.87. The number of carbonyl (C=O) groups excluding carboxylic acids is 3. The van der Waals surface area contributed by atoms with E-state index >= 15 is 0 Å². The minimum absolute atomic E-state index is 0.102. The summed E-state index contributed by atoms with van der Waals surface area (Å²) in [5.41, 5.74) is 1.97. The Kier molecular flexibility index (Phi) is 5.36. The maximum absolute atomic E-state index is 12.4. The summed E-state index contributed by atoms with van der Waals surface area (Å²) in [4.78, 5) is 38.0. The van der Waals surface area contributed by atoms with Gasteiger partial charge >= 0.3 is 5.97 Å². The molecule has 0 saturated carbocycles. The lowest BCUT2D eigenvalue weighted by Gasteiger charge is -2.29. The van der Waals surface area contributed by atoms with Crippen LogP contribution < -0.4 is 10.2 Å². The van der Waals surface area contributed by atoms with E-state index in [2.05, 4.69) is 5.32 Å². The molecule has 1 N–H and O–H groups in total. The molecule has 2 amide bonds. The van der Waals surface area contributed by atoms with E-state index in [1.165, 1.54) is 19.3 Å². The van der Waals surface area contributed by atoms with Gasteiger partial charge in [0, 0.05) is 12.2 Å². The number of fused-ring (bicyclic) bond motifs is 1. The summed E-state index contributed by atoms with van der Waals surface area (Å²) in [7, 11) is 0. The number of nitrogens with one attached hydrogen (secondary N) is 1. The summed E-state index contributed by atoms with van der Waals surface area (Å²) in [5, 5.41) is 2.47. The van der Waals surface area contributed by atoms with Crippen LogP contribution in [0.1, 0.15) is 29.5 Å². The van der Waals surface area contributed by atoms with Gasteiger partial charge in [0.05, 0.1) is 6.26 Å². The molecule has 1 aliphatic rings. The number of para-hydroxylation sites is 1. The number of esters is 1. The Morgan fingerprint density at radius 3 is 2.81 bits per heavy atom. The molecule has 1 aromatic carbocycles. The molecule has 1 aliphatic heterocycles. The smallest absolute Gasteiger partial charge is 0.328 e. The molecule has 0 aliphatic carbocycles. The van der Waals surface area contributed by atoms with Crippen LogP contribution >= 0.6 is 0 Å². The van der Waals surface area contributed by atoms with E-state index in [4.69, 9.17) is 9.15 Å². The molecule has 2 heterocycles. The van der Waals surface area contributed by atoms with Crippen LogP contribution in [0.2, 0.25) is 0 Å². The first-order chi connectivity index (χ1) is 12.6. The molecule has 0 radical (unpaired) electrons. The highest BCUT2D eigenvalue weighted by atomic mass is 16.5. The van der Waals surface area contributed by atoms with Crippen molar-refractivity contribution in [2.45, 2.75) is 25.8 Å². The molecular weight excluding hydrogens is 336 g/mol. The summed E-state index contributed by atoms with van der Waals surface area (Å²) in [5.74, 6) is -1.38. The Bertz CT molecular complexity index is 800. The number of amides is 2. The maximum atomic E-state index is 12.4. The first-order valence-corrected chi connectivity index (χ1v) is 8.45. The van der Waals surface area contributed by atoms with Crippen molar-refractivity contribution in [2.24, 2.45) is 0 Å². The molecular formula is C19H20N2O5. The summed E-state index contributed by atoms with van der Waals surface area (Å²) >= 11 is 0. The average Bonchev–Trinajstić information content (AvgIpc) is 3.20. The van der Waals surface area contributed by atoms with Crippen LogP contribution in [0.15, 0.2) is 47.1 Å². The third-order valence-electron chi connectivity index (χ3n) is 4.20. The molecule has 0 spiro atoms. The van der Waals surface area contributed by atoms with Crippen molar-refractivity contribution in [3.63, 3.8) is 0 Å². The SMILES string of the molecule is C[C@H](NC(=O)c1ccco1)C(=O)OCC(=O)N1CCCc2ccccc21. The molecule has 2 aromatic rings. The normalized spacial score (nSPS) is 14.3. The molecule has 0 fully saturated rings. The molecule has 1 aromatic heterocycles. The van der Waals surface area contributed by atoms with Crippen molar-refractivity contribution < 1.29 is 23.5 Å². The Balaban J connectivity index is 1.53. The fourth-order valence-corrected chi connectivity index (χ4v) is 2.86. The third kappa shape index (κ3) is 3.93. The van der Waals surface area contributed by atoms with Gasteiger partial charge in [0.1, 0.15) is 6.04 Å². The van der Waals surface area contributed by atoms with Crippen LogP contribution in [0.25, 0.3) is 0 Å². The lowest BCUT2D eigenvalue weighted by atomic mass is 10.0. The Labute approximate surface area is 150 Å². The van der Waals surface area contributed by atoms with Crippen LogP contribution in [0.3, 0.4) is 0 Å². The molecule has 0 bridgehead atoms. The van der Waals surface area contributed by atoms with Gasteiger partial charge in [0.15, 0.2) is 12.4 Å². The summed E-state index contributed by atoms with van der Waals surface area (Å²) < 4.78 is 10.0. The highest BCUT2D eigenvalue weighted by molar-refractivity contribution is 5.97. The number of aryl methyl sites for hydroxylation is 1. The molecule has 7 nitrogen and oxygen atoms in total. The quantitative estimate of drug-likeness (QED) is 0.827. The van der Waals surface area contributed by atoms with Crippen molar-refractivity contribution in [1.82, 2.24) is 5.32 Å². The van der Waals surface area contributed by atoms with Gasteiger partial charge in [0.25, 0.3) is 11.8 Å². The van der Waals surface area contributed by atoms with Crippen LogP contribution in [0, 0.1) is 0 Å². The van der Waals surface area contributed by atoms with Gasteiger partial charge in [-0.15, -0.1) is 0 Å². The second-order valence-electron chi connectivity index (χ2n) is 6.06. The molecule has 26 heavy (non-hydrogen) atoms. The van der Waals surface area contributed by atoms with Gasteiger partial charge in [-0.3, -0.25) is 9.59 Å². The Morgan fingerprint density at radius 2 is 2.04 bits per heavy atom. The number of nitrogens with zero attached hydrogens (tertiary/aromatic N) is 1. The second-order valence-corrected chi connectivity index (χ2v) is 6.06. The van der Waals surface area contributed by atoms with Gasteiger partial charge in [-0.2, -0.15) is 0 Å². The molecule has 7 heteroatoms. The van der Waals surface area contributed by atoms with Crippen molar-refractivity contribution in [1.29, 1.82) is 0 Å². The van der Waals surface area contributed by atoms with Crippen molar-refractivity contribution in [2.75, 3.05) is 18.1 Å². The molecule has 3 rings (SSSR count). The lowest BCUT2D eigenvalue weighted by Crippen LogP contribution is -2.42. The van der Waals surface area contributed by atoms with Crippen LogP contribution in [-0.4, -0.2) is 37.0 Å². The number of hydrogen-bond donors (Lipinski definition) is 1. The van der Waals surface area contributed by atoms with Gasteiger partial charge in [-0.25, -0.2) is 4.79 Å². The monoisotopic (exact) mass is 356 g/mol. The topological polar surface area (TPSA) is 88.9 Å². The Hall–Kier alpha value is -3.09. The third-order valence-corrected chi connectivity index (χ3v) is 4.20. The van der Waals surface area contributed by atoms with Gasteiger partial charge in [-0.05, 0) is 43.5 Å². The Morgan fingerprint density at radius 1 is 1.23 bits per heavy atom. The van der Waals surface area contributed by atoms with E-state index in [0.717, 1.165) is 24.1 Å². The minimum atomic E-state index is -0.894. The van der Waals surface area contributed by atoms with E-state index in [9.17, 15) is 14.4 Å². The predicted octanol–water partition coefficient (Wildman–Crippen LogP) is 1.92. The number of carbonyl (C=O) groups is 3. The average molecular weight is 356 g/mol. The molecule has 136 valence electrons. The number of benzene rings is 1. The number of furan rings is 1. The van der Waals surface area contributed by atoms with E-state index in [-0.39, 0.29) is 18.3 Å². The molecule has 0 saturated heterocycles. The number of hydrogen-bond acceptors (Lipinski definition) is 5. The first-order valence-electron chi connectivity index (χ1n) is 8.45. The van der Waals surface area contributed by atoms with Gasteiger partial charge in [-0.1, -0.05) is 18.2 Å². The fourth-order valence-electron chi connectivity index (χ4n) is 2.86. The van der Waals surface area contributed by atoms with E-state index in [1.807, 2.05) is 24.3 Å². The number of ether oxygens (including phenoxy) is 1. The van der Waals surface area contributed by atoms with Crippen molar-refractivity contribution in [3.05, 3.63) is 54.0 Å². The van der Waals surface area contributed by atoms with Crippen LogP contribution in [0.5, 0.6) is 0 Å². The minimum Gasteiger partial charge on any atom is -0.459 e. The second kappa shape index (κ2) is 7.86. The first kappa shape index (κ1) is 17.7. The molecule has 1 atom stereocenters. The van der Waals surface area contributed by atoms with Crippen molar-refractivity contribution in [3.8, 4) is 0 Å². The highest BCUT2D eigenvalue weighted by Crippen LogP contribution is 2.26.